The Balaban J connectivity index is 1.63. The number of likely N-dealkylation sites (tertiary alicyclic amines) is 1. The number of quaternary nitrogens is 1. The Bertz CT molecular complexity index is 776. The summed E-state index contributed by atoms with van der Waals surface area (Å²) < 4.78 is 10.7. The molecule has 0 atom stereocenters. The molecular formula is C23H34N3O5+. The topological polar surface area (TPSA) is 76.2 Å². The van der Waals surface area contributed by atoms with Crippen molar-refractivity contribution in [2.75, 3.05) is 39.3 Å². The Labute approximate surface area is 184 Å². The van der Waals surface area contributed by atoms with Crippen LogP contribution in [-0.4, -0.2) is 77.4 Å². The van der Waals surface area contributed by atoms with Gasteiger partial charge >= 0.3 is 18.2 Å². The van der Waals surface area contributed by atoms with E-state index in [1.54, 1.807) is 9.80 Å². The summed E-state index contributed by atoms with van der Waals surface area (Å²) in [5.74, 6) is 0. The molecule has 0 bridgehead atoms. The second-order valence-corrected chi connectivity index (χ2v) is 9.25. The predicted octanol–water partition coefficient (Wildman–Crippen LogP) is 4.00. The molecule has 2 heterocycles. The maximum Gasteiger partial charge on any atom is 0.525 e. The zero-order valence-corrected chi connectivity index (χ0v) is 18.8. The van der Waals surface area contributed by atoms with Crippen LogP contribution in [0.25, 0.3) is 0 Å². The monoisotopic (exact) mass is 432 g/mol. The Morgan fingerprint density at radius 3 is 2.06 bits per heavy atom. The van der Waals surface area contributed by atoms with E-state index in [2.05, 4.69) is 0 Å². The lowest BCUT2D eigenvalue weighted by Gasteiger charge is -2.41. The van der Waals surface area contributed by atoms with Gasteiger partial charge in [0.15, 0.2) is 0 Å². The molecule has 31 heavy (non-hydrogen) atoms. The summed E-state index contributed by atoms with van der Waals surface area (Å²) in [5, 5.41) is 0. The van der Waals surface area contributed by atoms with Crippen molar-refractivity contribution in [1.82, 2.24) is 9.80 Å². The van der Waals surface area contributed by atoms with Gasteiger partial charge in [0.25, 0.3) is 0 Å². The Hall–Kier alpha value is -2.61. The van der Waals surface area contributed by atoms with Gasteiger partial charge in [-0.2, -0.15) is 4.79 Å². The number of carbonyl (C=O) groups excluding carboxylic acids is 3. The van der Waals surface area contributed by atoms with Crippen LogP contribution in [0.1, 0.15) is 45.6 Å². The summed E-state index contributed by atoms with van der Waals surface area (Å²) in [6.07, 6.45) is 1.77. The molecule has 2 fully saturated rings. The SMILES string of the molecule is CC(C)(C)OC(=O)N1CCN(C(=O)[N+]2(C(=O)OCc3ccccc3)CCCCC2)CC1. The summed E-state index contributed by atoms with van der Waals surface area (Å²) in [7, 11) is 0. The first-order valence-corrected chi connectivity index (χ1v) is 11.1. The van der Waals surface area contributed by atoms with Gasteiger partial charge in [-0.3, -0.25) is 4.90 Å². The highest BCUT2D eigenvalue weighted by Crippen LogP contribution is 2.25. The van der Waals surface area contributed by atoms with Crippen LogP contribution < -0.4 is 0 Å². The lowest BCUT2D eigenvalue weighted by Crippen LogP contribution is -2.66. The van der Waals surface area contributed by atoms with Crippen LogP contribution >= 0.6 is 0 Å². The van der Waals surface area contributed by atoms with Gasteiger partial charge in [-0.25, -0.2) is 9.59 Å². The number of piperazine rings is 1. The van der Waals surface area contributed by atoms with E-state index in [1.807, 2.05) is 51.1 Å². The average molecular weight is 433 g/mol. The van der Waals surface area contributed by atoms with Gasteiger partial charge in [-0.15, -0.1) is 4.48 Å². The molecule has 0 unspecified atom stereocenters. The molecule has 1 aromatic rings. The van der Waals surface area contributed by atoms with Crippen molar-refractivity contribution < 1.29 is 28.3 Å². The lowest BCUT2D eigenvalue weighted by atomic mass is 10.1. The normalized spacial score (nSPS) is 18.9. The number of piperidine rings is 1. The maximum atomic E-state index is 13.5. The second kappa shape index (κ2) is 9.68. The van der Waals surface area contributed by atoms with E-state index >= 15 is 0 Å². The molecule has 170 valence electrons. The first-order valence-electron chi connectivity index (χ1n) is 11.1. The van der Waals surface area contributed by atoms with Crippen molar-refractivity contribution in [3.05, 3.63) is 35.9 Å². The molecular weight excluding hydrogens is 398 g/mol. The van der Waals surface area contributed by atoms with Crippen LogP contribution in [0.15, 0.2) is 30.3 Å². The minimum Gasteiger partial charge on any atom is -0.444 e. The molecule has 0 saturated carbocycles. The third kappa shape index (κ3) is 5.76. The van der Waals surface area contributed by atoms with Crippen molar-refractivity contribution >= 4 is 18.2 Å². The molecule has 2 aliphatic rings. The molecule has 8 heteroatoms. The van der Waals surface area contributed by atoms with Gasteiger partial charge in [0.05, 0.1) is 13.1 Å². The number of urea groups is 1. The molecule has 1 aromatic carbocycles. The summed E-state index contributed by atoms with van der Waals surface area (Å²) in [5.41, 5.74) is 0.333. The van der Waals surface area contributed by atoms with Crippen molar-refractivity contribution in [1.29, 1.82) is 0 Å². The number of amides is 4. The van der Waals surface area contributed by atoms with E-state index in [-0.39, 0.29) is 23.2 Å². The van der Waals surface area contributed by atoms with Crippen LogP contribution in [0.5, 0.6) is 0 Å². The zero-order valence-electron chi connectivity index (χ0n) is 18.8. The van der Waals surface area contributed by atoms with Gasteiger partial charge < -0.3 is 14.4 Å². The minimum absolute atomic E-state index is 0.152. The Morgan fingerprint density at radius 1 is 0.903 bits per heavy atom. The molecule has 2 aliphatic heterocycles. The highest BCUT2D eigenvalue weighted by molar-refractivity contribution is 5.80. The van der Waals surface area contributed by atoms with E-state index in [9.17, 15) is 14.4 Å². The van der Waals surface area contributed by atoms with Gasteiger partial charge in [0, 0.05) is 26.2 Å². The number of hydrogen-bond donors (Lipinski definition) is 0. The largest absolute Gasteiger partial charge is 0.525 e. The number of hydrogen-bond acceptors (Lipinski definition) is 5. The van der Waals surface area contributed by atoms with Crippen LogP contribution in [0.2, 0.25) is 0 Å². The number of nitrogens with zero attached hydrogens (tertiary/aromatic N) is 3. The molecule has 0 spiro atoms. The van der Waals surface area contributed by atoms with Gasteiger partial charge in [-0.05, 0) is 45.6 Å². The maximum absolute atomic E-state index is 13.5. The standard InChI is InChI=1S/C23H34N3O5/c1-23(2,3)31-21(28)25-14-12-24(13-15-25)20(27)26(16-8-5-9-17-26)22(29)30-18-19-10-6-4-7-11-19/h4,6-7,10-11H,5,8-9,12-18H2,1-3H3/q+1. The lowest BCUT2D eigenvalue weighted by molar-refractivity contribution is -0.787. The minimum atomic E-state index is -0.560. The first-order chi connectivity index (χ1) is 14.7. The molecule has 0 aromatic heterocycles. The van der Waals surface area contributed by atoms with Crippen molar-refractivity contribution in [3.63, 3.8) is 0 Å². The fraction of sp³-hybridized carbons (Fsp3) is 0.609. The van der Waals surface area contributed by atoms with E-state index in [4.69, 9.17) is 9.47 Å². The number of imide groups is 1. The molecule has 2 saturated heterocycles. The van der Waals surface area contributed by atoms with Crippen molar-refractivity contribution in [2.45, 2.75) is 52.2 Å². The van der Waals surface area contributed by atoms with E-state index in [0.717, 1.165) is 24.8 Å². The van der Waals surface area contributed by atoms with Crippen LogP contribution in [0.4, 0.5) is 14.4 Å². The van der Waals surface area contributed by atoms with E-state index in [0.29, 0.717) is 39.3 Å². The predicted molar refractivity (Wildman–Crippen MR) is 115 cm³/mol. The second-order valence-electron chi connectivity index (χ2n) is 9.25. The third-order valence-electron chi connectivity index (χ3n) is 5.70. The van der Waals surface area contributed by atoms with Gasteiger partial charge in [-0.1, -0.05) is 30.3 Å². The fourth-order valence-electron chi connectivity index (χ4n) is 4.02. The average Bonchev–Trinajstić information content (AvgIpc) is 2.77. The quantitative estimate of drug-likeness (QED) is 0.661. The molecule has 0 aliphatic carbocycles. The number of rotatable bonds is 2. The molecule has 3 rings (SSSR count). The fourth-order valence-corrected chi connectivity index (χ4v) is 4.02. The highest BCUT2D eigenvalue weighted by Gasteiger charge is 2.50. The summed E-state index contributed by atoms with van der Waals surface area (Å²) in [4.78, 5) is 42.2. The van der Waals surface area contributed by atoms with Crippen LogP contribution in [0.3, 0.4) is 0 Å². The zero-order chi connectivity index (χ0) is 22.5. The van der Waals surface area contributed by atoms with Gasteiger partial charge in [0.1, 0.15) is 12.2 Å². The summed E-state index contributed by atoms with van der Waals surface area (Å²) in [6.45, 7) is 8.09. The first kappa shape index (κ1) is 23.1. The van der Waals surface area contributed by atoms with Crippen LogP contribution in [0, 0.1) is 0 Å². The van der Waals surface area contributed by atoms with Crippen molar-refractivity contribution in [2.24, 2.45) is 0 Å². The molecule has 0 radical (unpaired) electrons. The number of carbonyl (C=O) groups is 3. The van der Waals surface area contributed by atoms with Crippen molar-refractivity contribution in [3.8, 4) is 0 Å². The Kier molecular flexibility index (Phi) is 7.20. The number of benzene rings is 1. The smallest absolute Gasteiger partial charge is 0.444 e. The van der Waals surface area contributed by atoms with Gasteiger partial charge in [0.2, 0.25) is 0 Å². The molecule has 8 nitrogen and oxygen atoms in total. The third-order valence-corrected chi connectivity index (χ3v) is 5.70. The number of ether oxygens (including phenoxy) is 2. The molecule has 4 amide bonds. The summed E-state index contributed by atoms with van der Waals surface area (Å²) >= 11 is 0. The van der Waals surface area contributed by atoms with Crippen LogP contribution in [-0.2, 0) is 16.1 Å². The summed E-state index contributed by atoms with van der Waals surface area (Å²) in [6, 6.07) is 9.26. The highest BCUT2D eigenvalue weighted by atomic mass is 16.6. The van der Waals surface area contributed by atoms with E-state index in [1.165, 1.54) is 0 Å². The Morgan fingerprint density at radius 2 is 1.48 bits per heavy atom. The van der Waals surface area contributed by atoms with E-state index < -0.39 is 11.7 Å². The molecule has 0 N–H and O–H groups in total.